The zero-order chi connectivity index (χ0) is 17.2. The molecule has 2 saturated carbocycles. The van der Waals surface area contributed by atoms with Crippen molar-refractivity contribution in [2.75, 3.05) is 5.75 Å². The number of rotatable bonds is 5. The lowest BCUT2D eigenvalue weighted by molar-refractivity contribution is -0.119. The number of hydrogen-bond acceptors (Lipinski definition) is 4. The van der Waals surface area contributed by atoms with Crippen molar-refractivity contribution in [3.05, 3.63) is 11.4 Å². The van der Waals surface area contributed by atoms with Gasteiger partial charge in [0.05, 0.1) is 17.5 Å². The third kappa shape index (κ3) is 3.46. The highest BCUT2D eigenvalue weighted by Gasteiger charge is 2.35. The smallest absolute Gasteiger partial charge is 0.231 e. The maximum absolute atomic E-state index is 12.3. The fraction of sp³-hybridized carbons (Fsp3) is 0.722. The molecule has 1 heterocycles. The molecule has 2 aliphatic carbocycles. The summed E-state index contributed by atoms with van der Waals surface area (Å²) in [7, 11) is 0. The van der Waals surface area contributed by atoms with Gasteiger partial charge in [-0.15, -0.1) is 0 Å². The molecule has 0 aliphatic heterocycles. The van der Waals surface area contributed by atoms with E-state index < -0.39 is 5.54 Å². The highest BCUT2D eigenvalue weighted by Crippen LogP contribution is 2.35. The Morgan fingerprint density at radius 3 is 2.62 bits per heavy atom. The molecule has 1 aromatic rings. The predicted octanol–water partition coefficient (Wildman–Crippen LogP) is 3.66. The zero-order valence-electron chi connectivity index (χ0n) is 14.6. The number of imidazole rings is 1. The summed E-state index contributed by atoms with van der Waals surface area (Å²) >= 11 is 1.50. The molecule has 5 nitrogen and oxygen atoms in total. The number of nitrogens with zero attached hydrogens (tertiary/aromatic N) is 3. The minimum atomic E-state index is -0.635. The zero-order valence-corrected chi connectivity index (χ0v) is 15.4. The highest BCUT2D eigenvalue weighted by molar-refractivity contribution is 7.99. The van der Waals surface area contributed by atoms with E-state index in [4.69, 9.17) is 0 Å². The van der Waals surface area contributed by atoms with Gasteiger partial charge in [-0.2, -0.15) is 5.26 Å². The monoisotopic (exact) mass is 346 g/mol. The van der Waals surface area contributed by atoms with E-state index in [-0.39, 0.29) is 5.91 Å². The molecule has 0 atom stereocenters. The van der Waals surface area contributed by atoms with E-state index in [0.29, 0.717) is 11.8 Å². The maximum Gasteiger partial charge on any atom is 0.231 e. The molecule has 24 heavy (non-hydrogen) atoms. The third-order valence-corrected chi connectivity index (χ3v) is 6.38. The van der Waals surface area contributed by atoms with E-state index in [9.17, 15) is 10.1 Å². The molecule has 1 N–H and O–H groups in total. The van der Waals surface area contributed by atoms with Gasteiger partial charge < -0.3 is 9.88 Å². The Hall–Kier alpha value is -1.48. The molecular weight excluding hydrogens is 320 g/mol. The molecule has 6 heteroatoms. The van der Waals surface area contributed by atoms with Crippen LogP contribution in [0, 0.1) is 25.2 Å². The molecule has 3 rings (SSSR count). The normalized spacial score (nSPS) is 20.2. The second kappa shape index (κ2) is 7.18. The number of nitrogens with one attached hydrogen (secondary N) is 1. The van der Waals surface area contributed by atoms with E-state index in [0.717, 1.165) is 36.5 Å². The molecule has 2 aliphatic rings. The van der Waals surface area contributed by atoms with Crippen LogP contribution in [0.2, 0.25) is 0 Å². The van der Waals surface area contributed by atoms with Crippen molar-refractivity contribution in [1.82, 2.24) is 14.9 Å². The average molecular weight is 347 g/mol. The number of thioether (sulfide) groups is 1. The largest absolute Gasteiger partial charge is 0.337 e. The summed E-state index contributed by atoms with van der Waals surface area (Å²) in [6, 6.07) is 2.84. The van der Waals surface area contributed by atoms with Crippen molar-refractivity contribution in [2.24, 2.45) is 0 Å². The van der Waals surface area contributed by atoms with Gasteiger partial charge in [-0.1, -0.05) is 24.6 Å². The average Bonchev–Trinajstić information content (AvgIpc) is 3.28. The van der Waals surface area contributed by atoms with Gasteiger partial charge in [-0.3, -0.25) is 4.79 Å². The summed E-state index contributed by atoms with van der Waals surface area (Å²) in [6.07, 6.45) is 8.54. The van der Waals surface area contributed by atoms with E-state index >= 15 is 0 Å². The topological polar surface area (TPSA) is 70.7 Å². The Kier molecular flexibility index (Phi) is 5.19. The van der Waals surface area contributed by atoms with E-state index in [2.05, 4.69) is 27.9 Å². The molecule has 1 aromatic heterocycles. The molecule has 0 saturated heterocycles. The van der Waals surface area contributed by atoms with Crippen molar-refractivity contribution in [3.63, 3.8) is 0 Å². The van der Waals surface area contributed by atoms with Crippen molar-refractivity contribution in [3.8, 4) is 6.07 Å². The second-order valence-electron chi connectivity index (χ2n) is 7.11. The lowest BCUT2D eigenvalue weighted by atomic mass is 10.0. The van der Waals surface area contributed by atoms with Gasteiger partial charge in [-0.05, 0) is 52.4 Å². The lowest BCUT2D eigenvalue weighted by Crippen LogP contribution is -2.45. The molecule has 2 fully saturated rings. The molecule has 1 amide bonds. The van der Waals surface area contributed by atoms with Gasteiger partial charge in [0, 0.05) is 11.7 Å². The Morgan fingerprint density at radius 2 is 2.00 bits per heavy atom. The minimum Gasteiger partial charge on any atom is -0.337 e. The quantitative estimate of drug-likeness (QED) is 0.826. The summed E-state index contributed by atoms with van der Waals surface area (Å²) in [4.78, 5) is 17.0. The molecule has 130 valence electrons. The number of carbonyl (C=O) groups is 1. The van der Waals surface area contributed by atoms with Crippen LogP contribution in [0.3, 0.4) is 0 Å². The minimum absolute atomic E-state index is 0.0558. The van der Waals surface area contributed by atoms with Crippen LogP contribution < -0.4 is 5.32 Å². The van der Waals surface area contributed by atoms with Crippen LogP contribution in [0.4, 0.5) is 0 Å². The summed E-state index contributed by atoms with van der Waals surface area (Å²) in [5, 5.41) is 13.3. The molecule has 0 bridgehead atoms. The van der Waals surface area contributed by atoms with E-state index in [1.165, 1.54) is 43.1 Å². The first-order valence-corrected chi connectivity index (χ1v) is 9.94. The van der Waals surface area contributed by atoms with Crippen LogP contribution in [0.5, 0.6) is 0 Å². The molecule has 0 aromatic carbocycles. The summed E-state index contributed by atoms with van der Waals surface area (Å²) < 4.78 is 2.33. The van der Waals surface area contributed by atoms with Gasteiger partial charge in [0.25, 0.3) is 0 Å². The summed E-state index contributed by atoms with van der Waals surface area (Å²) in [5.74, 6) is 0.270. The van der Waals surface area contributed by atoms with Gasteiger partial charge in [0.1, 0.15) is 5.54 Å². The molecule has 0 unspecified atom stereocenters. The van der Waals surface area contributed by atoms with Crippen LogP contribution in [0.15, 0.2) is 5.16 Å². The third-order valence-electron chi connectivity index (χ3n) is 5.43. The highest BCUT2D eigenvalue weighted by atomic mass is 32.2. The van der Waals surface area contributed by atoms with Crippen LogP contribution in [0.1, 0.15) is 68.8 Å². The standard InChI is InChI=1S/C18H26N4OS/c1-13-14(2)22(15-7-3-4-8-15)17(20-13)24-11-16(23)21-18(12-19)9-5-6-10-18/h15H,3-11H2,1-2H3,(H,21,23). The number of aromatic nitrogens is 2. The van der Waals surface area contributed by atoms with Crippen molar-refractivity contribution >= 4 is 17.7 Å². The molecular formula is C18H26N4OS. The second-order valence-corrected chi connectivity index (χ2v) is 8.05. The summed E-state index contributed by atoms with van der Waals surface area (Å²) in [5.41, 5.74) is 1.63. The van der Waals surface area contributed by atoms with Gasteiger partial charge in [0.2, 0.25) is 5.91 Å². The number of aryl methyl sites for hydroxylation is 1. The van der Waals surface area contributed by atoms with E-state index in [1.807, 2.05) is 6.92 Å². The van der Waals surface area contributed by atoms with Gasteiger partial charge in [-0.25, -0.2) is 4.98 Å². The molecule has 0 spiro atoms. The first-order valence-electron chi connectivity index (χ1n) is 8.95. The van der Waals surface area contributed by atoms with Gasteiger partial charge >= 0.3 is 0 Å². The first-order chi connectivity index (χ1) is 11.5. The van der Waals surface area contributed by atoms with Crippen LogP contribution in [-0.4, -0.2) is 26.8 Å². The van der Waals surface area contributed by atoms with Crippen molar-refractivity contribution < 1.29 is 4.79 Å². The number of amides is 1. The Morgan fingerprint density at radius 1 is 1.33 bits per heavy atom. The van der Waals surface area contributed by atoms with Crippen molar-refractivity contribution in [2.45, 2.75) is 82.0 Å². The Bertz CT molecular complexity index is 649. The summed E-state index contributed by atoms with van der Waals surface area (Å²) in [6.45, 7) is 4.15. The lowest BCUT2D eigenvalue weighted by Gasteiger charge is -2.22. The Labute approximate surface area is 148 Å². The predicted molar refractivity (Wildman–Crippen MR) is 94.9 cm³/mol. The van der Waals surface area contributed by atoms with Crippen molar-refractivity contribution in [1.29, 1.82) is 5.26 Å². The fourth-order valence-corrected chi connectivity index (χ4v) is 4.93. The Balaban J connectivity index is 1.65. The van der Waals surface area contributed by atoms with Crippen LogP contribution in [-0.2, 0) is 4.79 Å². The number of nitriles is 1. The SMILES string of the molecule is Cc1nc(SCC(=O)NC2(C#N)CCCC2)n(C2CCCC2)c1C. The van der Waals surface area contributed by atoms with Crippen LogP contribution >= 0.6 is 11.8 Å². The number of hydrogen-bond donors (Lipinski definition) is 1. The van der Waals surface area contributed by atoms with Gasteiger partial charge in [0.15, 0.2) is 5.16 Å². The maximum atomic E-state index is 12.3. The molecule has 0 radical (unpaired) electrons. The first kappa shape index (κ1) is 17.3. The fourth-order valence-electron chi connectivity index (χ4n) is 3.97. The van der Waals surface area contributed by atoms with E-state index in [1.54, 1.807) is 0 Å². The van der Waals surface area contributed by atoms with Crippen LogP contribution in [0.25, 0.3) is 0 Å². The number of carbonyl (C=O) groups excluding carboxylic acids is 1.